The van der Waals surface area contributed by atoms with Gasteiger partial charge >= 0.3 is 5.69 Å². The molecule has 61 heavy (non-hydrogen) atoms. The minimum atomic E-state index is -3.96. The molecule has 0 radical (unpaired) electrons. The number of sulfone groups is 2. The van der Waals surface area contributed by atoms with E-state index in [0.29, 0.717) is 27.8 Å². The van der Waals surface area contributed by atoms with Crippen LogP contribution in [0.1, 0.15) is 18.6 Å². The summed E-state index contributed by atoms with van der Waals surface area (Å²) in [5.41, 5.74) is 6.21. The minimum Gasteiger partial charge on any atom is -0.491 e. The van der Waals surface area contributed by atoms with Crippen LogP contribution in [0.2, 0.25) is 0 Å². The monoisotopic (exact) mass is 916 g/mol. The summed E-state index contributed by atoms with van der Waals surface area (Å²) in [4.78, 5) is 11.4. The van der Waals surface area contributed by atoms with E-state index in [1.807, 2.05) is 18.2 Å². The average Bonchev–Trinajstić information content (AvgIpc) is 3.23. The Morgan fingerprint density at radius 2 is 1.02 bits per heavy atom. The number of nitrogens with two attached hydrogens (primary N) is 1. The molecule has 0 unspecified atom stereocenters. The molecule has 14 nitrogen and oxygen atoms in total. The van der Waals surface area contributed by atoms with Gasteiger partial charge in [-0.1, -0.05) is 80.2 Å². The number of aliphatic hydroxyl groups is 2. The third-order valence-electron chi connectivity index (χ3n) is 8.76. The van der Waals surface area contributed by atoms with Crippen LogP contribution in [0.4, 0.5) is 11.4 Å². The highest BCUT2D eigenvalue weighted by Gasteiger charge is 2.29. The summed E-state index contributed by atoms with van der Waals surface area (Å²) in [5.74, 6) is 0.0419. The Morgan fingerprint density at radius 1 is 0.590 bits per heavy atom. The third-order valence-corrected chi connectivity index (χ3v) is 12.5. The van der Waals surface area contributed by atoms with Crippen molar-refractivity contribution >= 4 is 75.8 Å². The van der Waals surface area contributed by atoms with Gasteiger partial charge in [-0.15, -0.1) is 23.2 Å². The quantitative estimate of drug-likeness (QED) is 0.0307. The number of alkyl halides is 2. The molecule has 0 saturated heterocycles. The molecule has 18 heteroatoms. The Bertz CT molecular complexity index is 2650. The van der Waals surface area contributed by atoms with Crippen molar-refractivity contribution in [2.75, 3.05) is 57.1 Å². The van der Waals surface area contributed by atoms with Crippen LogP contribution in [-0.4, -0.2) is 83.4 Å². The number of benzene rings is 6. The number of anilines is 1. The predicted molar refractivity (Wildman–Crippen MR) is 238 cm³/mol. The standard InChI is InChI=1S/C21H20ClNO7S.C21H22ClNO5S.CH4/c22-8-10-30-19-13-17(29-11-9-24)12-16(21(19)23(25)26)14-31(27,28)20-7-3-5-15-4-1-2-6-18(15)20;22-8-10-28-19-13-17(27-11-9-24)12-16(21(19)23)14-29(25,26)20-7-3-5-15-4-1-2-6-18(15)20;/h1-7,12-13,24H,8-11,14H2;1-7,12-13,24H,8-11,14,23H2;1H4. The van der Waals surface area contributed by atoms with E-state index in [-0.39, 0.29) is 97.1 Å². The lowest BCUT2D eigenvalue weighted by molar-refractivity contribution is -0.386. The Hall–Kier alpha value is -5.36. The number of nitrogen functional groups attached to an aromatic ring is 1. The molecule has 0 aliphatic rings. The van der Waals surface area contributed by atoms with Crippen LogP contribution in [0.15, 0.2) is 119 Å². The molecule has 6 rings (SSSR count). The third kappa shape index (κ3) is 12.4. The molecule has 4 N–H and O–H groups in total. The minimum absolute atomic E-state index is 0. The van der Waals surface area contributed by atoms with E-state index in [0.717, 1.165) is 10.8 Å². The fraction of sp³-hybridized carbons (Fsp3) is 0.256. The maximum atomic E-state index is 13.3. The number of nitro benzene ring substituents is 1. The number of rotatable bonds is 19. The van der Waals surface area contributed by atoms with Crippen LogP contribution in [0, 0.1) is 10.1 Å². The van der Waals surface area contributed by atoms with Gasteiger partial charge in [0.2, 0.25) is 5.75 Å². The van der Waals surface area contributed by atoms with Gasteiger partial charge in [-0.25, -0.2) is 16.8 Å². The lowest BCUT2D eigenvalue weighted by atomic mass is 10.1. The Labute approximate surface area is 364 Å². The number of hydrogen-bond donors (Lipinski definition) is 3. The lowest BCUT2D eigenvalue weighted by Crippen LogP contribution is -2.11. The number of nitro groups is 1. The zero-order valence-electron chi connectivity index (χ0n) is 32.0. The number of fused-ring (bicyclic) bond motifs is 2. The smallest absolute Gasteiger partial charge is 0.315 e. The van der Waals surface area contributed by atoms with Gasteiger partial charge in [0.05, 0.1) is 62.4 Å². The zero-order valence-corrected chi connectivity index (χ0v) is 35.2. The van der Waals surface area contributed by atoms with Crippen molar-refractivity contribution in [2.24, 2.45) is 0 Å². The van der Waals surface area contributed by atoms with Crippen molar-refractivity contribution < 1.29 is 50.9 Å². The summed E-state index contributed by atoms with van der Waals surface area (Å²) >= 11 is 11.3. The highest BCUT2D eigenvalue weighted by atomic mass is 35.5. The van der Waals surface area contributed by atoms with Crippen molar-refractivity contribution in [3.63, 3.8) is 0 Å². The molecule has 0 amide bonds. The number of nitrogens with zero attached hydrogens (tertiary/aromatic N) is 1. The SMILES string of the molecule is C.Nc1c(CS(=O)(=O)c2cccc3ccccc23)cc(OCCO)cc1OCCCl.O=[N+]([O-])c1c(CS(=O)(=O)c2cccc3ccccc23)cc(OCCO)cc1OCCCl. The van der Waals surface area contributed by atoms with Gasteiger partial charge in [0, 0.05) is 22.9 Å². The normalized spacial score (nSPS) is 11.3. The van der Waals surface area contributed by atoms with Crippen molar-refractivity contribution in [2.45, 2.75) is 28.7 Å². The molecule has 0 spiro atoms. The largest absolute Gasteiger partial charge is 0.491 e. The van der Waals surface area contributed by atoms with Crippen molar-refractivity contribution in [3.8, 4) is 23.0 Å². The Morgan fingerprint density at radius 3 is 1.49 bits per heavy atom. The molecular formula is C43H46Cl2N2O12S2. The van der Waals surface area contributed by atoms with Crippen LogP contribution >= 0.6 is 23.2 Å². The highest BCUT2D eigenvalue weighted by Crippen LogP contribution is 2.39. The van der Waals surface area contributed by atoms with E-state index in [9.17, 15) is 26.9 Å². The molecular weight excluding hydrogens is 872 g/mol. The number of aliphatic hydroxyl groups excluding tert-OH is 2. The molecule has 0 aromatic heterocycles. The summed E-state index contributed by atoms with van der Waals surface area (Å²) < 4.78 is 74.7. The first-order chi connectivity index (χ1) is 28.8. The first kappa shape index (κ1) is 48.3. The fourth-order valence-corrected chi connectivity index (χ4v) is 9.61. The van der Waals surface area contributed by atoms with Crippen molar-refractivity contribution in [1.82, 2.24) is 0 Å². The summed E-state index contributed by atoms with van der Waals surface area (Å²) in [6, 6.07) is 30.1. The van der Waals surface area contributed by atoms with Crippen molar-refractivity contribution in [3.05, 3.63) is 130 Å². The summed E-state index contributed by atoms with van der Waals surface area (Å²) in [5, 5.41) is 32.6. The van der Waals surface area contributed by atoms with E-state index in [1.165, 1.54) is 18.2 Å². The molecule has 326 valence electrons. The second kappa shape index (κ2) is 22.5. The van der Waals surface area contributed by atoms with Crippen molar-refractivity contribution in [1.29, 1.82) is 0 Å². The Balaban J connectivity index is 0.000000265. The van der Waals surface area contributed by atoms with E-state index in [2.05, 4.69) is 0 Å². The second-order valence-corrected chi connectivity index (χ2v) is 17.5. The maximum absolute atomic E-state index is 13.3. The van der Waals surface area contributed by atoms with Gasteiger partial charge in [0.1, 0.15) is 43.7 Å². The lowest BCUT2D eigenvalue weighted by Gasteiger charge is -2.16. The van der Waals surface area contributed by atoms with Gasteiger partial charge in [-0.3, -0.25) is 10.1 Å². The molecule has 0 saturated carbocycles. The summed E-state index contributed by atoms with van der Waals surface area (Å²) in [6.45, 7) is -0.257. The number of ether oxygens (including phenoxy) is 4. The van der Waals surface area contributed by atoms with Crippen LogP contribution in [0.25, 0.3) is 21.5 Å². The molecule has 0 fully saturated rings. The highest BCUT2D eigenvalue weighted by molar-refractivity contribution is 7.91. The number of hydrogen-bond acceptors (Lipinski definition) is 13. The maximum Gasteiger partial charge on any atom is 0.315 e. The molecule has 0 heterocycles. The molecule has 0 aliphatic heterocycles. The van der Waals surface area contributed by atoms with E-state index >= 15 is 0 Å². The van der Waals surface area contributed by atoms with Crippen LogP contribution < -0.4 is 24.7 Å². The van der Waals surface area contributed by atoms with E-state index < -0.39 is 36.0 Å². The van der Waals surface area contributed by atoms with Gasteiger partial charge in [-0.2, -0.15) is 0 Å². The topological polar surface area (TPSA) is 215 Å². The van der Waals surface area contributed by atoms with Gasteiger partial charge in [-0.05, 0) is 40.6 Å². The second-order valence-electron chi connectivity index (χ2n) is 12.9. The van der Waals surface area contributed by atoms with Gasteiger partial charge < -0.3 is 34.9 Å². The molecule has 6 aromatic rings. The van der Waals surface area contributed by atoms with Crippen LogP contribution in [-0.2, 0) is 31.2 Å². The fourth-order valence-electron chi connectivity index (χ4n) is 6.25. The van der Waals surface area contributed by atoms with Crippen LogP contribution in [0.3, 0.4) is 0 Å². The summed E-state index contributed by atoms with van der Waals surface area (Å²) in [6.07, 6.45) is 0. The zero-order chi connectivity index (χ0) is 43.3. The van der Waals surface area contributed by atoms with Crippen LogP contribution in [0.5, 0.6) is 23.0 Å². The number of halogens is 2. The van der Waals surface area contributed by atoms with E-state index in [4.69, 9.17) is 58.1 Å². The molecule has 0 aliphatic carbocycles. The summed E-state index contributed by atoms with van der Waals surface area (Å²) in [7, 11) is -7.66. The van der Waals surface area contributed by atoms with Gasteiger partial charge in [0.15, 0.2) is 19.7 Å². The predicted octanol–water partition coefficient (Wildman–Crippen LogP) is 7.73. The molecule has 6 aromatic carbocycles. The molecule has 0 bridgehead atoms. The first-order valence-corrected chi connectivity index (χ1v) is 22.7. The van der Waals surface area contributed by atoms with Gasteiger partial charge in [0.25, 0.3) is 0 Å². The average molecular weight is 918 g/mol. The van der Waals surface area contributed by atoms with E-state index in [1.54, 1.807) is 72.8 Å². The molecule has 0 atom stereocenters. The Kier molecular flexibility index (Phi) is 17.8. The first-order valence-electron chi connectivity index (χ1n) is 18.3.